The molecule has 0 aliphatic heterocycles. The molecule has 0 amide bonds. The molecule has 0 radical (unpaired) electrons. The monoisotopic (exact) mass is 994 g/mol. The number of fused-ring (bicyclic) bond motifs is 8. The van der Waals surface area contributed by atoms with Gasteiger partial charge in [0.1, 0.15) is 0 Å². The van der Waals surface area contributed by atoms with Crippen LogP contribution in [0, 0.1) is 13.8 Å². The van der Waals surface area contributed by atoms with Crippen LogP contribution >= 0.6 is 0 Å². The lowest BCUT2D eigenvalue weighted by molar-refractivity contribution is 1.23. The zero-order chi connectivity index (χ0) is 52.1. The first-order chi connectivity index (χ1) is 38.5. The van der Waals surface area contributed by atoms with Gasteiger partial charge in [-0.25, -0.2) is 0 Å². The van der Waals surface area contributed by atoms with Crippen molar-refractivity contribution in [1.82, 2.24) is 19.9 Å². The minimum absolute atomic E-state index is 0.911. The molecule has 0 unspecified atom stereocenters. The molecule has 0 aliphatic rings. The molecule has 0 spiro atoms. The van der Waals surface area contributed by atoms with Crippen molar-refractivity contribution in [2.24, 2.45) is 0 Å². The molecule has 0 saturated heterocycles. The van der Waals surface area contributed by atoms with Crippen LogP contribution in [0.25, 0.3) is 143 Å². The Morgan fingerprint density at radius 3 is 1.26 bits per heavy atom. The fourth-order valence-electron chi connectivity index (χ4n) is 11.6. The van der Waals surface area contributed by atoms with Gasteiger partial charge in [-0.05, 0) is 156 Å². The molecular weight excluding hydrogens is 945 g/mol. The SMILES string of the molecule is Cc1cc(-c2ccccc2)c2ccc3c(-c4ccccc4)cc(C)nc3c2n1.c1ccc2cc(-c3c4ccccc4c(-c4ccc5ccccc5c4)c4cc(-c5ccc(-c6cnc7ccccc7c6)nc5)ccc34)ccc2c1. The van der Waals surface area contributed by atoms with E-state index in [4.69, 9.17) is 15.0 Å². The van der Waals surface area contributed by atoms with E-state index in [0.29, 0.717) is 0 Å². The average molecular weight is 995 g/mol. The van der Waals surface area contributed by atoms with Gasteiger partial charge < -0.3 is 0 Å². The van der Waals surface area contributed by atoms with Crippen LogP contribution < -0.4 is 0 Å². The molecule has 0 saturated carbocycles. The zero-order valence-electron chi connectivity index (χ0n) is 43.2. The highest BCUT2D eigenvalue weighted by atomic mass is 14.8. The number of para-hydroxylation sites is 1. The van der Waals surface area contributed by atoms with Crippen LogP contribution in [0.15, 0.2) is 267 Å². The second-order valence-corrected chi connectivity index (χ2v) is 20.2. The number of hydrogen-bond donors (Lipinski definition) is 0. The van der Waals surface area contributed by atoms with E-state index >= 15 is 0 Å². The van der Waals surface area contributed by atoms with Gasteiger partial charge in [0.2, 0.25) is 0 Å². The summed E-state index contributed by atoms with van der Waals surface area (Å²) in [6, 6.07) is 91.1. The topological polar surface area (TPSA) is 51.6 Å². The van der Waals surface area contributed by atoms with Gasteiger partial charge >= 0.3 is 0 Å². The van der Waals surface area contributed by atoms with Crippen molar-refractivity contribution >= 4 is 75.8 Å². The standard InChI is InChI=1S/C48H30N2.C26H20N2/c1-3-11-33-25-37(19-17-31(33)9-1)47-41-14-6-7-15-42(41)48(38-20-18-32-10-2-4-12-34(32)26-38)44-28-35(21-23-43(44)47)39-22-24-46(49-29-39)40-27-36-13-5-8-16-45(36)50-30-40;1-17-15-23(19-9-5-3-6-10-19)21-13-14-22-24(20-11-7-4-8-12-20)16-18(2)28-26(22)25(21)27-17/h1-30H;3-16H,1-2H3. The second-order valence-electron chi connectivity index (χ2n) is 20.2. The quantitative estimate of drug-likeness (QED) is 0.123. The lowest BCUT2D eigenvalue weighted by Crippen LogP contribution is -1.94. The van der Waals surface area contributed by atoms with Gasteiger partial charge in [-0.2, -0.15) is 0 Å². The van der Waals surface area contributed by atoms with Crippen LogP contribution in [-0.4, -0.2) is 19.9 Å². The van der Waals surface area contributed by atoms with Gasteiger partial charge in [-0.15, -0.1) is 0 Å². The molecule has 366 valence electrons. The van der Waals surface area contributed by atoms with Crippen LogP contribution in [0.3, 0.4) is 0 Å². The molecule has 4 nitrogen and oxygen atoms in total. The van der Waals surface area contributed by atoms with Crippen LogP contribution in [0.4, 0.5) is 0 Å². The van der Waals surface area contributed by atoms with Crippen molar-refractivity contribution in [1.29, 1.82) is 0 Å². The highest BCUT2D eigenvalue weighted by Crippen LogP contribution is 2.46. The van der Waals surface area contributed by atoms with Crippen molar-refractivity contribution in [3.63, 3.8) is 0 Å². The predicted molar refractivity (Wildman–Crippen MR) is 329 cm³/mol. The van der Waals surface area contributed by atoms with Crippen LogP contribution in [0.2, 0.25) is 0 Å². The first-order valence-corrected chi connectivity index (χ1v) is 26.6. The maximum absolute atomic E-state index is 4.93. The Morgan fingerprint density at radius 2 is 0.692 bits per heavy atom. The van der Waals surface area contributed by atoms with Crippen molar-refractivity contribution in [2.75, 3.05) is 0 Å². The smallest absolute Gasteiger partial charge is 0.0974 e. The maximum atomic E-state index is 4.93. The normalized spacial score (nSPS) is 11.5. The Balaban J connectivity index is 0.000000167. The first-order valence-electron chi connectivity index (χ1n) is 26.6. The maximum Gasteiger partial charge on any atom is 0.0974 e. The molecule has 78 heavy (non-hydrogen) atoms. The van der Waals surface area contributed by atoms with Crippen LogP contribution in [0.1, 0.15) is 11.4 Å². The number of rotatable bonds is 6. The van der Waals surface area contributed by atoms with Gasteiger partial charge in [-0.3, -0.25) is 19.9 Å². The summed E-state index contributed by atoms with van der Waals surface area (Å²) in [6.45, 7) is 4.11. The van der Waals surface area contributed by atoms with E-state index in [0.717, 1.165) is 66.5 Å². The Morgan fingerprint density at radius 1 is 0.256 bits per heavy atom. The fourth-order valence-corrected chi connectivity index (χ4v) is 11.6. The van der Waals surface area contributed by atoms with Crippen molar-refractivity contribution < 1.29 is 0 Å². The van der Waals surface area contributed by atoms with E-state index in [9.17, 15) is 0 Å². The lowest BCUT2D eigenvalue weighted by Gasteiger charge is -2.19. The Labute approximate surface area is 452 Å². The molecule has 15 rings (SSSR count). The Bertz CT molecular complexity index is 4690. The summed E-state index contributed by atoms with van der Waals surface area (Å²) in [5, 5.41) is 13.3. The molecule has 0 N–H and O–H groups in total. The van der Waals surface area contributed by atoms with Crippen molar-refractivity contribution in [3.8, 4) is 66.9 Å². The Kier molecular flexibility index (Phi) is 11.6. The van der Waals surface area contributed by atoms with E-state index in [1.807, 2.05) is 42.7 Å². The lowest BCUT2D eigenvalue weighted by atomic mass is 9.84. The third-order valence-electron chi connectivity index (χ3n) is 15.3. The molecule has 11 aromatic carbocycles. The number of aryl methyl sites for hydroxylation is 2. The number of aromatic nitrogens is 4. The molecule has 0 fully saturated rings. The van der Waals surface area contributed by atoms with Gasteiger partial charge in [0.05, 0.1) is 22.2 Å². The molecule has 15 aromatic rings. The van der Waals surface area contributed by atoms with E-state index in [-0.39, 0.29) is 0 Å². The minimum Gasteiger partial charge on any atom is -0.256 e. The summed E-state index contributed by atoms with van der Waals surface area (Å²) in [6.07, 6.45) is 3.91. The summed E-state index contributed by atoms with van der Waals surface area (Å²) >= 11 is 0. The van der Waals surface area contributed by atoms with Gasteiger partial charge in [0, 0.05) is 51.1 Å². The Hall–Kier alpha value is -10.2. The van der Waals surface area contributed by atoms with E-state index < -0.39 is 0 Å². The molecule has 0 atom stereocenters. The molecule has 0 aliphatic carbocycles. The van der Waals surface area contributed by atoms with Gasteiger partial charge in [0.15, 0.2) is 0 Å². The number of pyridine rings is 4. The molecule has 0 bridgehead atoms. The zero-order valence-corrected chi connectivity index (χ0v) is 43.2. The molecular formula is C74H50N4. The fraction of sp³-hybridized carbons (Fsp3) is 0.0270. The van der Waals surface area contributed by atoms with Crippen LogP contribution in [-0.2, 0) is 0 Å². The van der Waals surface area contributed by atoms with E-state index in [2.05, 4.69) is 243 Å². The number of benzene rings is 11. The third-order valence-corrected chi connectivity index (χ3v) is 15.3. The number of nitrogens with zero attached hydrogens (tertiary/aromatic N) is 4. The summed E-state index contributed by atoms with van der Waals surface area (Å²) < 4.78 is 0. The molecule has 4 aromatic heterocycles. The summed E-state index contributed by atoms with van der Waals surface area (Å²) in [4.78, 5) is 19.4. The highest BCUT2D eigenvalue weighted by Gasteiger charge is 2.19. The molecule has 4 heterocycles. The first kappa shape index (κ1) is 46.4. The van der Waals surface area contributed by atoms with Gasteiger partial charge in [-0.1, -0.05) is 206 Å². The van der Waals surface area contributed by atoms with Crippen LogP contribution in [0.5, 0.6) is 0 Å². The van der Waals surface area contributed by atoms with Gasteiger partial charge in [0.25, 0.3) is 0 Å². The largest absolute Gasteiger partial charge is 0.256 e. The third kappa shape index (κ3) is 8.46. The summed E-state index contributed by atoms with van der Waals surface area (Å²) in [5.74, 6) is 0. The predicted octanol–water partition coefficient (Wildman–Crippen LogP) is 19.6. The average Bonchev–Trinajstić information content (AvgIpc) is 3.69. The highest BCUT2D eigenvalue weighted by molar-refractivity contribution is 6.23. The van der Waals surface area contributed by atoms with Crippen molar-refractivity contribution in [3.05, 3.63) is 279 Å². The summed E-state index contributed by atoms with van der Waals surface area (Å²) in [5.41, 5.74) is 18.8. The molecule has 4 heteroatoms. The number of hydrogen-bond acceptors (Lipinski definition) is 4. The summed E-state index contributed by atoms with van der Waals surface area (Å²) in [7, 11) is 0. The second kappa shape index (κ2) is 19.5. The van der Waals surface area contributed by atoms with E-state index in [1.54, 1.807) is 0 Å². The van der Waals surface area contributed by atoms with Crippen molar-refractivity contribution in [2.45, 2.75) is 13.8 Å². The van der Waals surface area contributed by atoms with E-state index in [1.165, 1.54) is 87.6 Å². The minimum atomic E-state index is 0.911.